The average Bonchev–Trinajstić information content (AvgIpc) is 3.03. The van der Waals surface area contributed by atoms with E-state index in [4.69, 9.17) is 0 Å². The first-order chi connectivity index (χ1) is 8.20. The molecule has 1 saturated carbocycles. The molecule has 1 unspecified atom stereocenters. The van der Waals surface area contributed by atoms with E-state index >= 15 is 0 Å². The van der Waals surface area contributed by atoms with Crippen LogP contribution >= 0.6 is 15.9 Å². The molecule has 1 aliphatic carbocycles. The van der Waals surface area contributed by atoms with E-state index in [0.29, 0.717) is 18.9 Å². The molecular weight excluding hydrogens is 284 g/mol. The van der Waals surface area contributed by atoms with Gasteiger partial charge in [0.25, 0.3) is 0 Å². The Hall–Kier alpha value is -1.17. The van der Waals surface area contributed by atoms with Crippen LogP contribution in [0, 0.1) is 0 Å². The zero-order valence-corrected chi connectivity index (χ0v) is 10.8. The van der Waals surface area contributed by atoms with Crippen LogP contribution in [0.1, 0.15) is 31.0 Å². The van der Waals surface area contributed by atoms with E-state index in [2.05, 4.69) is 36.5 Å². The molecule has 1 aromatic heterocycles. The van der Waals surface area contributed by atoms with Crippen molar-refractivity contribution < 1.29 is 4.79 Å². The van der Waals surface area contributed by atoms with Gasteiger partial charge in [-0.15, -0.1) is 0 Å². The number of rotatable bonds is 3. The fourth-order valence-electron chi connectivity index (χ4n) is 1.95. The van der Waals surface area contributed by atoms with E-state index in [-0.39, 0.29) is 11.9 Å². The molecule has 0 radical (unpaired) electrons. The summed E-state index contributed by atoms with van der Waals surface area (Å²) in [7, 11) is 0. The van der Waals surface area contributed by atoms with Crippen molar-refractivity contribution in [3.63, 3.8) is 0 Å². The second-order valence-electron chi connectivity index (χ2n) is 4.56. The minimum atomic E-state index is 0.0954. The number of nitrogens with zero attached hydrogens (tertiary/aromatic N) is 2. The number of anilines is 1. The first kappa shape index (κ1) is 11.0. The van der Waals surface area contributed by atoms with Gasteiger partial charge >= 0.3 is 0 Å². The molecule has 17 heavy (non-hydrogen) atoms. The predicted octanol–water partition coefficient (Wildman–Crippen LogP) is 1.42. The van der Waals surface area contributed by atoms with E-state index in [1.54, 1.807) is 0 Å². The van der Waals surface area contributed by atoms with Gasteiger partial charge in [-0.2, -0.15) is 0 Å². The van der Waals surface area contributed by atoms with Crippen molar-refractivity contribution in [1.82, 2.24) is 15.3 Å². The molecule has 5 nitrogen and oxygen atoms in total. The first-order valence-corrected chi connectivity index (χ1v) is 6.58. The quantitative estimate of drug-likeness (QED) is 0.828. The SMILES string of the molecule is O=C1CC(Nc2cc(Br)nc(C3CC3)n2)CN1. The van der Waals surface area contributed by atoms with E-state index in [1.165, 1.54) is 12.8 Å². The summed E-state index contributed by atoms with van der Waals surface area (Å²) < 4.78 is 0.800. The minimum Gasteiger partial charge on any atom is -0.365 e. The summed E-state index contributed by atoms with van der Waals surface area (Å²) in [4.78, 5) is 20.0. The van der Waals surface area contributed by atoms with Gasteiger partial charge in [0, 0.05) is 24.9 Å². The van der Waals surface area contributed by atoms with Crippen LogP contribution in [-0.2, 0) is 4.79 Å². The third-order valence-electron chi connectivity index (χ3n) is 2.98. The molecule has 0 spiro atoms. The fourth-order valence-corrected chi connectivity index (χ4v) is 2.35. The van der Waals surface area contributed by atoms with Gasteiger partial charge in [-0.25, -0.2) is 9.97 Å². The van der Waals surface area contributed by atoms with Crippen LogP contribution in [0.5, 0.6) is 0 Å². The lowest BCUT2D eigenvalue weighted by atomic mass is 10.2. The lowest BCUT2D eigenvalue weighted by Gasteiger charge is -2.12. The summed E-state index contributed by atoms with van der Waals surface area (Å²) in [5, 5.41) is 6.07. The number of amides is 1. The molecule has 0 aromatic carbocycles. The number of nitrogens with one attached hydrogen (secondary N) is 2. The Morgan fingerprint density at radius 3 is 2.88 bits per heavy atom. The normalized spacial score (nSPS) is 23.6. The Morgan fingerprint density at radius 2 is 2.24 bits per heavy atom. The molecule has 90 valence electrons. The maximum absolute atomic E-state index is 11.1. The van der Waals surface area contributed by atoms with Crippen LogP contribution in [0.3, 0.4) is 0 Å². The van der Waals surface area contributed by atoms with Gasteiger partial charge in [0.05, 0.1) is 6.04 Å². The van der Waals surface area contributed by atoms with Gasteiger partial charge in [0.15, 0.2) is 0 Å². The van der Waals surface area contributed by atoms with Crippen molar-refractivity contribution in [3.8, 4) is 0 Å². The predicted molar refractivity (Wildman–Crippen MR) is 66.7 cm³/mol. The van der Waals surface area contributed by atoms with E-state index in [0.717, 1.165) is 16.2 Å². The summed E-state index contributed by atoms with van der Waals surface area (Å²) in [6.07, 6.45) is 2.87. The molecule has 2 aliphatic rings. The second kappa shape index (κ2) is 4.25. The number of hydrogen-bond acceptors (Lipinski definition) is 4. The molecule has 1 aliphatic heterocycles. The minimum absolute atomic E-state index is 0.0954. The molecule has 1 atom stereocenters. The number of hydrogen-bond donors (Lipinski definition) is 2. The molecule has 6 heteroatoms. The number of halogens is 1. The van der Waals surface area contributed by atoms with E-state index in [9.17, 15) is 4.79 Å². The van der Waals surface area contributed by atoms with Crippen molar-refractivity contribution in [2.24, 2.45) is 0 Å². The van der Waals surface area contributed by atoms with Gasteiger partial charge in [0.1, 0.15) is 16.2 Å². The van der Waals surface area contributed by atoms with E-state index < -0.39 is 0 Å². The largest absolute Gasteiger partial charge is 0.365 e. The highest BCUT2D eigenvalue weighted by Gasteiger charge is 2.28. The van der Waals surface area contributed by atoms with Crippen molar-refractivity contribution in [2.75, 3.05) is 11.9 Å². The number of aromatic nitrogens is 2. The van der Waals surface area contributed by atoms with Crippen molar-refractivity contribution in [3.05, 3.63) is 16.5 Å². The highest BCUT2D eigenvalue weighted by molar-refractivity contribution is 9.10. The fraction of sp³-hybridized carbons (Fsp3) is 0.545. The maximum Gasteiger partial charge on any atom is 0.222 e. The lowest BCUT2D eigenvalue weighted by Crippen LogP contribution is -2.23. The summed E-state index contributed by atoms with van der Waals surface area (Å²) in [6.45, 7) is 0.666. The Labute approximate surface area is 108 Å². The summed E-state index contributed by atoms with van der Waals surface area (Å²) >= 11 is 3.40. The van der Waals surface area contributed by atoms with Crippen LogP contribution in [0.2, 0.25) is 0 Å². The topological polar surface area (TPSA) is 66.9 Å². The van der Waals surface area contributed by atoms with Gasteiger partial charge in [-0.1, -0.05) is 0 Å². The Morgan fingerprint density at radius 1 is 1.41 bits per heavy atom. The molecule has 1 aromatic rings. The number of carbonyl (C=O) groups is 1. The summed E-state index contributed by atoms with van der Waals surface area (Å²) in [6, 6.07) is 1.99. The third-order valence-corrected chi connectivity index (χ3v) is 3.39. The first-order valence-electron chi connectivity index (χ1n) is 5.78. The van der Waals surface area contributed by atoms with Crippen LogP contribution in [0.4, 0.5) is 5.82 Å². The molecule has 1 saturated heterocycles. The zero-order valence-electron chi connectivity index (χ0n) is 9.24. The molecule has 1 amide bonds. The van der Waals surface area contributed by atoms with Gasteiger partial charge < -0.3 is 10.6 Å². The standard InChI is InChI=1S/C11H13BrN4O/c12-8-4-9(14-7-3-10(17)13-5-7)16-11(15-8)6-1-2-6/h4,6-7H,1-3,5H2,(H,13,17)(H,14,15,16). The van der Waals surface area contributed by atoms with Gasteiger partial charge in [0.2, 0.25) is 5.91 Å². The Balaban J connectivity index is 1.75. The van der Waals surface area contributed by atoms with Gasteiger partial charge in [-0.05, 0) is 28.8 Å². The van der Waals surface area contributed by atoms with Crippen LogP contribution in [0.15, 0.2) is 10.7 Å². The summed E-state index contributed by atoms with van der Waals surface area (Å²) in [5.74, 6) is 2.32. The molecule has 3 rings (SSSR count). The maximum atomic E-state index is 11.1. The van der Waals surface area contributed by atoms with E-state index in [1.807, 2.05) is 6.07 Å². The van der Waals surface area contributed by atoms with Crippen LogP contribution in [-0.4, -0.2) is 28.5 Å². The second-order valence-corrected chi connectivity index (χ2v) is 5.37. The van der Waals surface area contributed by atoms with Crippen LogP contribution in [0.25, 0.3) is 0 Å². The lowest BCUT2D eigenvalue weighted by molar-refractivity contribution is -0.119. The highest BCUT2D eigenvalue weighted by atomic mass is 79.9. The Kier molecular flexibility index (Phi) is 2.74. The smallest absolute Gasteiger partial charge is 0.222 e. The average molecular weight is 297 g/mol. The molecule has 2 N–H and O–H groups in total. The van der Waals surface area contributed by atoms with Crippen LogP contribution < -0.4 is 10.6 Å². The highest BCUT2D eigenvalue weighted by Crippen LogP contribution is 2.38. The zero-order chi connectivity index (χ0) is 11.8. The number of carbonyl (C=O) groups excluding carboxylic acids is 1. The molecule has 0 bridgehead atoms. The molecular formula is C11H13BrN4O. The van der Waals surface area contributed by atoms with Crippen molar-refractivity contribution >= 4 is 27.7 Å². The monoisotopic (exact) mass is 296 g/mol. The van der Waals surface area contributed by atoms with Crippen molar-refractivity contribution in [2.45, 2.75) is 31.2 Å². The molecule has 2 fully saturated rings. The molecule has 2 heterocycles. The summed E-state index contributed by atoms with van der Waals surface area (Å²) in [5.41, 5.74) is 0. The van der Waals surface area contributed by atoms with Crippen molar-refractivity contribution in [1.29, 1.82) is 0 Å². The third kappa shape index (κ3) is 2.57. The Bertz CT molecular complexity index is 461. The van der Waals surface area contributed by atoms with Gasteiger partial charge in [-0.3, -0.25) is 4.79 Å².